The van der Waals surface area contributed by atoms with Crippen LogP contribution in [0.5, 0.6) is 0 Å². The summed E-state index contributed by atoms with van der Waals surface area (Å²) in [5.74, 6) is 0.953. The molecule has 0 amide bonds. The number of halogens is 2. The van der Waals surface area contributed by atoms with Gasteiger partial charge in [0, 0.05) is 0 Å². The Morgan fingerprint density at radius 2 is 1.88 bits per heavy atom. The number of thiol groups is 1. The van der Waals surface area contributed by atoms with Crippen LogP contribution in [-0.4, -0.2) is 13.2 Å². The van der Waals surface area contributed by atoms with Gasteiger partial charge in [0.2, 0.25) is 7.42 Å². The van der Waals surface area contributed by atoms with Crippen molar-refractivity contribution in [3.05, 3.63) is 0 Å². The molecule has 0 aliphatic carbocycles. The van der Waals surface area contributed by atoms with Crippen LogP contribution >= 0.6 is 34.8 Å². The van der Waals surface area contributed by atoms with Crippen molar-refractivity contribution in [2.24, 2.45) is 0 Å². The third kappa shape index (κ3) is 7.15. The standard InChI is InChI=1S/C4H10Cl2SSi/c5-8(6)4-2-1-3-7/h7-8H,1-4H2. The van der Waals surface area contributed by atoms with Gasteiger partial charge in [0.05, 0.1) is 0 Å². The number of hydrogen-bond donors (Lipinski definition) is 1. The highest BCUT2D eigenvalue weighted by molar-refractivity contribution is 7.80. The molecule has 0 radical (unpaired) electrons. The minimum atomic E-state index is -1.29. The Morgan fingerprint density at radius 1 is 1.25 bits per heavy atom. The third-order valence-electron chi connectivity index (χ3n) is 0.830. The molecule has 0 aliphatic rings. The van der Waals surface area contributed by atoms with Gasteiger partial charge in [-0.2, -0.15) is 34.8 Å². The summed E-state index contributed by atoms with van der Waals surface area (Å²) in [4.78, 5) is 0. The highest BCUT2D eigenvalue weighted by Crippen LogP contribution is 2.08. The molecule has 0 heterocycles. The minimum Gasteiger partial charge on any atom is -0.179 e. The molecule has 0 aliphatic heterocycles. The molecule has 0 saturated heterocycles. The van der Waals surface area contributed by atoms with Crippen LogP contribution in [0, 0.1) is 0 Å². The van der Waals surface area contributed by atoms with E-state index in [1.807, 2.05) is 0 Å². The number of hydrogen-bond acceptors (Lipinski definition) is 1. The number of unbranched alkanes of at least 4 members (excludes halogenated alkanes) is 1. The normalized spacial score (nSPS) is 10.5. The summed E-state index contributed by atoms with van der Waals surface area (Å²) < 4.78 is 0. The van der Waals surface area contributed by atoms with Crippen molar-refractivity contribution in [3.8, 4) is 0 Å². The van der Waals surface area contributed by atoms with Crippen LogP contribution in [0.25, 0.3) is 0 Å². The van der Waals surface area contributed by atoms with Crippen molar-refractivity contribution in [2.75, 3.05) is 5.75 Å². The van der Waals surface area contributed by atoms with Gasteiger partial charge < -0.3 is 0 Å². The van der Waals surface area contributed by atoms with Crippen molar-refractivity contribution < 1.29 is 0 Å². The first-order valence-electron chi connectivity index (χ1n) is 2.66. The largest absolute Gasteiger partial charge is 0.237 e. The van der Waals surface area contributed by atoms with Crippen LogP contribution < -0.4 is 0 Å². The van der Waals surface area contributed by atoms with E-state index in [9.17, 15) is 0 Å². The van der Waals surface area contributed by atoms with E-state index in [0.717, 1.165) is 24.6 Å². The van der Waals surface area contributed by atoms with Crippen molar-refractivity contribution in [1.82, 2.24) is 0 Å². The van der Waals surface area contributed by atoms with Crippen LogP contribution in [0.3, 0.4) is 0 Å². The molecule has 0 atom stereocenters. The highest BCUT2D eigenvalue weighted by atomic mass is 35.7. The van der Waals surface area contributed by atoms with E-state index in [-0.39, 0.29) is 0 Å². The molecule has 0 spiro atoms. The molecular weight excluding hydrogens is 179 g/mol. The zero-order valence-corrected chi connectivity index (χ0v) is 8.17. The van der Waals surface area contributed by atoms with Crippen molar-refractivity contribution in [3.63, 3.8) is 0 Å². The van der Waals surface area contributed by atoms with E-state index in [0.29, 0.717) is 0 Å². The molecule has 0 unspecified atom stereocenters. The summed E-state index contributed by atoms with van der Waals surface area (Å²) in [7, 11) is -1.29. The van der Waals surface area contributed by atoms with Crippen LogP contribution in [0.2, 0.25) is 6.04 Å². The molecule has 0 bridgehead atoms. The van der Waals surface area contributed by atoms with E-state index in [4.69, 9.17) is 22.2 Å². The summed E-state index contributed by atoms with van der Waals surface area (Å²) >= 11 is 15.2. The van der Waals surface area contributed by atoms with Gasteiger partial charge in [-0.05, 0) is 18.2 Å². The molecule has 0 aromatic carbocycles. The lowest BCUT2D eigenvalue weighted by molar-refractivity contribution is 0.894. The second kappa shape index (κ2) is 6.27. The molecular formula is C4H10Cl2SSi. The van der Waals surface area contributed by atoms with Crippen molar-refractivity contribution in [2.45, 2.75) is 18.9 Å². The van der Waals surface area contributed by atoms with Gasteiger partial charge in [0.25, 0.3) is 0 Å². The Hall–Kier alpha value is 1.15. The Morgan fingerprint density at radius 3 is 2.25 bits per heavy atom. The SMILES string of the molecule is SCCCC[SiH](Cl)Cl. The fourth-order valence-corrected chi connectivity index (χ4v) is 2.16. The van der Waals surface area contributed by atoms with Crippen LogP contribution in [0.15, 0.2) is 0 Å². The molecule has 0 fully saturated rings. The van der Waals surface area contributed by atoms with E-state index >= 15 is 0 Å². The first kappa shape index (κ1) is 9.15. The van der Waals surface area contributed by atoms with Gasteiger partial charge in [-0.25, -0.2) is 0 Å². The summed E-state index contributed by atoms with van der Waals surface area (Å²) in [6, 6.07) is 1.03. The molecule has 50 valence electrons. The molecule has 0 aromatic rings. The van der Waals surface area contributed by atoms with E-state index < -0.39 is 7.42 Å². The van der Waals surface area contributed by atoms with Gasteiger partial charge in [-0.1, -0.05) is 6.42 Å². The van der Waals surface area contributed by atoms with E-state index in [1.165, 1.54) is 0 Å². The van der Waals surface area contributed by atoms with Gasteiger partial charge in [0.15, 0.2) is 0 Å². The lowest BCUT2D eigenvalue weighted by Crippen LogP contribution is -1.90. The monoisotopic (exact) mass is 188 g/mol. The van der Waals surface area contributed by atoms with E-state index in [2.05, 4.69) is 12.6 Å². The Labute approximate surface area is 67.0 Å². The summed E-state index contributed by atoms with van der Waals surface area (Å²) in [5, 5.41) is 0. The Kier molecular flexibility index (Phi) is 7.17. The average molecular weight is 189 g/mol. The van der Waals surface area contributed by atoms with Gasteiger partial charge >= 0.3 is 0 Å². The first-order chi connectivity index (χ1) is 3.77. The Bertz CT molecular complexity index is 51.3. The zero-order valence-electron chi connectivity index (χ0n) is 4.61. The molecule has 0 rings (SSSR count). The van der Waals surface area contributed by atoms with E-state index in [1.54, 1.807) is 0 Å². The Balaban J connectivity index is 2.72. The maximum Gasteiger partial charge on any atom is 0.237 e. The number of rotatable bonds is 4. The second-order valence-corrected chi connectivity index (χ2v) is 7.25. The average Bonchev–Trinajstić information content (AvgIpc) is 1.66. The molecule has 4 heteroatoms. The van der Waals surface area contributed by atoms with Gasteiger partial charge in [-0.15, -0.1) is 0 Å². The summed E-state index contributed by atoms with van der Waals surface area (Å²) in [6.45, 7) is 0. The van der Waals surface area contributed by atoms with Gasteiger partial charge in [0.1, 0.15) is 0 Å². The topological polar surface area (TPSA) is 0 Å². The lowest BCUT2D eigenvalue weighted by atomic mass is 10.4. The second-order valence-electron chi connectivity index (χ2n) is 1.61. The molecule has 0 nitrogen and oxygen atoms in total. The molecule has 0 saturated carbocycles. The fraction of sp³-hybridized carbons (Fsp3) is 1.00. The van der Waals surface area contributed by atoms with Crippen molar-refractivity contribution >= 4 is 42.2 Å². The van der Waals surface area contributed by atoms with Crippen LogP contribution in [0.1, 0.15) is 12.8 Å². The summed E-state index contributed by atoms with van der Waals surface area (Å²) in [5.41, 5.74) is 0. The highest BCUT2D eigenvalue weighted by Gasteiger charge is 1.98. The van der Waals surface area contributed by atoms with Crippen LogP contribution in [0.4, 0.5) is 0 Å². The lowest BCUT2D eigenvalue weighted by Gasteiger charge is -1.94. The van der Waals surface area contributed by atoms with Crippen LogP contribution in [-0.2, 0) is 0 Å². The quantitative estimate of drug-likeness (QED) is 0.298. The maximum absolute atomic E-state index is 5.59. The molecule has 8 heavy (non-hydrogen) atoms. The smallest absolute Gasteiger partial charge is 0.179 e. The predicted molar refractivity (Wildman–Crippen MR) is 46.7 cm³/mol. The zero-order chi connectivity index (χ0) is 6.41. The minimum absolute atomic E-state index is 0.953. The molecule has 0 aromatic heterocycles. The maximum atomic E-state index is 5.59. The van der Waals surface area contributed by atoms with Crippen molar-refractivity contribution in [1.29, 1.82) is 0 Å². The first-order valence-corrected chi connectivity index (χ1v) is 7.60. The fourth-order valence-electron chi connectivity index (χ4n) is 0.410. The summed E-state index contributed by atoms with van der Waals surface area (Å²) in [6.07, 6.45) is 2.29. The van der Waals surface area contributed by atoms with Gasteiger partial charge in [-0.3, -0.25) is 0 Å². The predicted octanol–water partition coefficient (Wildman–Crippen LogP) is 2.39. The molecule has 0 N–H and O–H groups in total. The third-order valence-corrected chi connectivity index (χ3v) is 3.30.